The van der Waals surface area contributed by atoms with Gasteiger partial charge in [-0.05, 0) is 72.0 Å². The molecule has 2 unspecified atom stereocenters. The van der Waals surface area contributed by atoms with Gasteiger partial charge < -0.3 is 62.5 Å². The van der Waals surface area contributed by atoms with E-state index in [1.807, 2.05) is 10.6 Å². The molecule has 3 aromatic rings. The third-order valence-electron chi connectivity index (χ3n) is 8.61. The molecule has 332 valence electrons. The molecule has 0 aliphatic carbocycles. The Morgan fingerprint density at radius 3 is 1.14 bits per heavy atom. The molecule has 0 aliphatic heterocycles. The summed E-state index contributed by atoms with van der Waals surface area (Å²) >= 11 is 0. The Morgan fingerprint density at radius 1 is 0.508 bits per heavy atom. The van der Waals surface area contributed by atoms with Gasteiger partial charge in [-0.3, -0.25) is 19.2 Å². The predicted molar refractivity (Wildman–Crippen MR) is 214 cm³/mol. The quantitative estimate of drug-likeness (QED) is 0.0369. The van der Waals surface area contributed by atoms with Gasteiger partial charge in [0.1, 0.15) is 24.2 Å². The lowest BCUT2D eigenvalue weighted by Crippen LogP contribution is -2.51. The Kier molecular flexibility index (Phi) is 17.9. The van der Waals surface area contributed by atoms with E-state index in [1.54, 1.807) is 0 Å². The van der Waals surface area contributed by atoms with E-state index in [9.17, 15) is 68.4 Å². The first-order valence-corrected chi connectivity index (χ1v) is 18.2. The van der Waals surface area contributed by atoms with Crippen molar-refractivity contribution in [3.63, 3.8) is 0 Å². The number of carbonyl (C=O) groups is 10. The van der Waals surface area contributed by atoms with Crippen molar-refractivity contribution in [2.45, 2.75) is 62.7 Å². The van der Waals surface area contributed by atoms with Crippen molar-refractivity contribution in [1.29, 1.82) is 0 Å². The number of aliphatic carboxylic acids is 6. The first-order chi connectivity index (χ1) is 29.7. The fraction of sp³-hybridized carbons (Fsp3) is 0.263. The summed E-state index contributed by atoms with van der Waals surface area (Å²) in [6, 6.07) is 6.31. The van der Waals surface area contributed by atoms with Crippen LogP contribution >= 0.6 is 0 Å². The summed E-state index contributed by atoms with van der Waals surface area (Å²) in [5.41, 5.74) is 9.80. The van der Waals surface area contributed by atoms with Gasteiger partial charge in [0, 0.05) is 58.8 Å². The molecule has 4 atom stereocenters. The van der Waals surface area contributed by atoms with Crippen LogP contribution in [-0.4, -0.2) is 114 Å². The van der Waals surface area contributed by atoms with Crippen LogP contribution in [0.4, 0.5) is 26.7 Å². The lowest BCUT2D eigenvalue weighted by molar-refractivity contribution is -0.142. The summed E-state index contributed by atoms with van der Waals surface area (Å²) in [7, 11) is 0. The number of hydrogen-bond acceptors (Lipinski definition) is 11. The number of carbonyl (C=O) groups excluding carboxylic acids is 4. The third-order valence-corrected chi connectivity index (χ3v) is 8.61. The highest BCUT2D eigenvalue weighted by Crippen LogP contribution is 2.22. The number of urea groups is 2. The Balaban J connectivity index is 1.66. The minimum atomic E-state index is -1.60. The number of nitrogens with one attached hydrogen (secondary N) is 6. The molecular formula is C38H39N9O16. The Hall–Kier alpha value is -8.73. The molecule has 0 heterocycles. The van der Waals surface area contributed by atoms with E-state index in [0.29, 0.717) is 11.1 Å². The SMILES string of the molecule is [N-]=[N+]=Nc1cc(C(=O)Nc2ccc(CC(NC(=O)N[C@@H](CCC(=O)O)C(=O)O)C(=O)O)cc2)cc(C(=O)Nc2ccc(CC(NC(=O)N[C@@H](CCC(=O)O)C(=O)O)C(=O)O)cc2)c1. The number of benzene rings is 3. The highest BCUT2D eigenvalue weighted by molar-refractivity contribution is 6.09. The molecular weight excluding hydrogens is 838 g/mol. The minimum Gasteiger partial charge on any atom is -0.481 e. The molecule has 0 aromatic heterocycles. The molecule has 25 nitrogen and oxygen atoms in total. The molecule has 6 amide bonds. The van der Waals surface area contributed by atoms with Gasteiger partial charge in [-0.2, -0.15) is 0 Å². The molecule has 0 bridgehead atoms. The second kappa shape index (κ2) is 23.2. The van der Waals surface area contributed by atoms with E-state index < -0.39 is 110 Å². The van der Waals surface area contributed by atoms with Gasteiger partial charge in [-0.15, -0.1) is 0 Å². The number of hydrogen-bond donors (Lipinski definition) is 12. The van der Waals surface area contributed by atoms with Crippen LogP contribution in [0, 0.1) is 0 Å². The van der Waals surface area contributed by atoms with E-state index >= 15 is 0 Å². The smallest absolute Gasteiger partial charge is 0.326 e. The standard InChI is InChI=1S/C38H39N9O16/c39-47-46-24-16-20(31(52)40-22-5-1-18(2-6-22)13-27(35(58)59)44-37(62)42-25(33(54)55)9-11-29(48)49)15-21(17-24)32(53)41-23-7-3-19(4-8-23)14-28(36(60)61)45-38(63)43-26(34(56)57)10-12-30(50)51/h1-8,15-17,25-28H,9-14H2,(H,40,52)(H,41,53)(H,48,49)(H,50,51)(H,54,55)(H,56,57)(H,58,59)(H,60,61)(H2,42,44,62)(H2,43,45,63)/t25-,26-,27?,28?/m0/s1. The van der Waals surface area contributed by atoms with Crippen molar-refractivity contribution < 1.29 is 78.6 Å². The second-order valence-electron chi connectivity index (χ2n) is 13.3. The van der Waals surface area contributed by atoms with Crippen LogP contribution in [0.3, 0.4) is 0 Å². The van der Waals surface area contributed by atoms with Crippen LogP contribution in [0.2, 0.25) is 0 Å². The monoisotopic (exact) mass is 877 g/mol. The molecule has 25 heteroatoms. The van der Waals surface area contributed by atoms with Crippen LogP contribution < -0.4 is 31.9 Å². The van der Waals surface area contributed by atoms with E-state index in [0.717, 1.165) is 0 Å². The lowest BCUT2D eigenvalue weighted by Gasteiger charge is -2.18. The summed E-state index contributed by atoms with van der Waals surface area (Å²) in [5.74, 6) is -10.1. The fourth-order valence-corrected chi connectivity index (χ4v) is 5.48. The number of carboxylic acids is 6. The van der Waals surface area contributed by atoms with Crippen LogP contribution in [0.15, 0.2) is 71.8 Å². The van der Waals surface area contributed by atoms with Crippen molar-refractivity contribution in [2.75, 3.05) is 10.6 Å². The van der Waals surface area contributed by atoms with Gasteiger partial charge in [0.25, 0.3) is 11.8 Å². The maximum absolute atomic E-state index is 13.3. The Morgan fingerprint density at radius 2 is 0.841 bits per heavy atom. The molecule has 3 aromatic carbocycles. The topological polar surface area (TPSA) is 413 Å². The number of rotatable bonds is 23. The van der Waals surface area contributed by atoms with Crippen molar-refractivity contribution in [2.24, 2.45) is 5.11 Å². The third kappa shape index (κ3) is 16.4. The molecule has 0 aliphatic rings. The van der Waals surface area contributed by atoms with Gasteiger partial charge in [-0.25, -0.2) is 28.8 Å². The first kappa shape index (κ1) is 48.6. The van der Waals surface area contributed by atoms with Crippen molar-refractivity contribution in [3.05, 3.63) is 99.4 Å². The van der Waals surface area contributed by atoms with Crippen LogP contribution in [-0.2, 0) is 41.6 Å². The van der Waals surface area contributed by atoms with Crippen molar-refractivity contribution in [3.8, 4) is 0 Å². The molecule has 63 heavy (non-hydrogen) atoms. The summed E-state index contributed by atoms with van der Waals surface area (Å²) in [5, 5.41) is 72.3. The number of anilines is 2. The zero-order chi connectivity index (χ0) is 46.8. The van der Waals surface area contributed by atoms with Crippen molar-refractivity contribution in [1.82, 2.24) is 21.3 Å². The zero-order valence-corrected chi connectivity index (χ0v) is 32.5. The zero-order valence-electron chi connectivity index (χ0n) is 32.5. The number of amides is 6. The van der Waals surface area contributed by atoms with Gasteiger partial charge >= 0.3 is 47.9 Å². The molecule has 3 rings (SSSR count). The van der Waals surface area contributed by atoms with Crippen LogP contribution in [0.1, 0.15) is 57.5 Å². The summed E-state index contributed by atoms with van der Waals surface area (Å²) in [6.07, 6.45) is -2.59. The number of nitrogens with zero attached hydrogens (tertiary/aromatic N) is 3. The molecule has 0 radical (unpaired) electrons. The molecule has 0 saturated heterocycles. The largest absolute Gasteiger partial charge is 0.481 e. The van der Waals surface area contributed by atoms with E-state index in [1.165, 1.54) is 66.7 Å². The molecule has 0 spiro atoms. The molecule has 0 saturated carbocycles. The maximum atomic E-state index is 13.3. The highest BCUT2D eigenvalue weighted by atomic mass is 16.4. The lowest BCUT2D eigenvalue weighted by atomic mass is 10.0. The van der Waals surface area contributed by atoms with Gasteiger partial charge in [0.2, 0.25) is 0 Å². The summed E-state index contributed by atoms with van der Waals surface area (Å²) in [4.78, 5) is 122. The maximum Gasteiger partial charge on any atom is 0.326 e. The second-order valence-corrected chi connectivity index (χ2v) is 13.3. The van der Waals surface area contributed by atoms with E-state index in [-0.39, 0.29) is 41.0 Å². The number of carboxylic acid groups (broad SMARTS) is 6. The van der Waals surface area contributed by atoms with Crippen molar-refractivity contribution >= 4 is 76.8 Å². The molecule has 12 N–H and O–H groups in total. The normalized spacial score (nSPS) is 12.3. The molecule has 0 fully saturated rings. The Bertz CT molecular complexity index is 2150. The van der Waals surface area contributed by atoms with Gasteiger partial charge in [0.15, 0.2) is 0 Å². The average Bonchev–Trinajstić information content (AvgIpc) is 3.21. The number of azide groups is 1. The summed E-state index contributed by atoms with van der Waals surface area (Å²) < 4.78 is 0. The Labute approximate surface area is 354 Å². The van der Waals surface area contributed by atoms with Gasteiger partial charge in [0.05, 0.1) is 0 Å². The first-order valence-electron chi connectivity index (χ1n) is 18.2. The van der Waals surface area contributed by atoms with E-state index in [4.69, 9.17) is 15.7 Å². The predicted octanol–water partition coefficient (Wildman–Crippen LogP) is 2.36. The highest BCUT2D eigenvalue weighted by Gasteiger charge is 2.27. The minimum absolute atomic E-state index is 0.110. The van der Waals surface area contributed by atoms with E-state index in [2.05, 4.69) is 31.3 Å². The van der Waals surface area contributed by atoms with Crippen LogP contribution in [0.25, 0.3) is 10.4 Å². The van der Waals surface area contributed by atoms with Crippen LogP contribution in [0.5, 0.6) is 0 Å². The average molecular weight is 878 g/mol. The van der Waals surface area contributed by atoms with Gasteiger partial charge in [-0.1, -0.05) is 29.4 Å². The fourth-order valence-electron chi connectivity index (χ4n) is 5.48. The summed E-state index contributed by atoms with van der Waals surface area (Å²) in [6.45, 7) is 0.